The third-order valence-electron chi connectivity index (χ3n) is 2.98. The molecular formula is C13H18N6O2. The highest BCUT2D eigenvalue weighted by Gasteiger charge is 2.23. The first kappa shape index (κ1) is 14.8. The molecule has 2 heterocycles. The second-order valence-corrected chi connectivity index (χ2v) is 4.90. The van der Waals surface area contributed by atoms with Crippen molar-refractivity contribution in [3.63, 3.8) is 0 Å². The smallest absolute Gasteiger partial charge is 0.321 e. The fourth-order valence-corrected chi connectivity index (χ4v) is 1.87. The summed E-state index contributed by atoms with van der Waals surface area (Å²) >= 11 is 0. The van der Waals surface area contributed by atoms with Gasteiger partial charge in [0.1, 0.15) is 11.6 Å². The molecule has 0 bridgehead atoms. The summed E-state index contributed by atoms with van der Waals surface area (Å²) in [7, 11) is 1.53. The number of nitrogens with one attached hydrogen (secondary N) is 4. The van der Waals surface area contributed by atoms with Crippen LogP contribution in [0.5, 0.6) is 0 Å². The van der Waals surface area contributed by atoms with Crippen molar-refractivity contribution in [3.8, 4) is 0 Å². The maximum absolute atomic E-state index is 11.9. The lowest BCUT2D eigenvalue weighted by molar-refractivity contribution is -0.123. The summed E-state index contributed by atoms with van der Waals surface area (Å²) in [6.07, 6.45) is 3.16. The van der Waals surface area contributed by atoms with Crippen molar-refractivity contribution < 1.29 is 9.59 Å². The highest BCUT2D eigenvalue weighted by atomic mass is 16.2. The van der Waals surface area contributed by atoms with Gasteiger partial charge in [-0.05, 0) is 12.0 Å². The summed E-state index contributed by atoms with van der Waals surface area (Å²) in [6.45, 7) is 3.71. The van der Waals surface area contributed by atoms with Gasteiger partial charge in [-0.25, -0.2) is 14.8 Å². The number of rotatable bonds is 4. The molecule has 0 aliphatic rings. The monoisotopic (exact) mass is 290 g/mol. The first-order chi connectivity index (χ1) is 10.0. The topological polar surface area (TPSA) is 112 Å². The van der Waals surface area contributed by atoms with Crippen molar-refractivity contribution in [1.82, 2.24) is 25.6 Å². The largest absolute Gasteiger partial charge is 0.357 e. The molecular weight excluding hydrogens is 272 g/mol. The highest BCUT2D eigenvalue weighted by molar-refractivity contribution is 5.93. The summed E-state index contributed by atoms with van der Waals surface area (Å²) in [4.78, 5) is 34.9. The number of anilines is 1. The average Bonchev–Trinajstić information content (AvgIpc) is 2.91. The Kier molecular flexibility index (Phi) is 4.36. The third kappa shape index (κ3) is 3.47. The zero-order chi connectivity index (χ0) is 15.4. The minimum atomic E-state index is -0.612. The molecule has 2 aromatic rings. The van der Waals surface area contributed by atoms with Crippen molar-refractivity contribution in [1.29, 1.82) is 0 Å². The Morgan fingerprint density at radius 1 is 1.33 bits per heavy atom. The lowest BCUT2D eigenvalue weighted by Gasteiger charge is -2.20. The van der Waals surface area contributed by atoms with E-state index in [1.165, 1.54) is 13.2 Å². The van der Waals surface area contributed by atoms with Crippen LogP contribution in [0, 0.1) is 5.92 Å². The van der Waals surface area contributed by atoms with E-state index in [1.807, 2.05) is 13.8 Å². The van der Waals surface area contributed by atoms with E-state index >= 15 is 0 Å². The molecule has 1 atom stereocenters. The number of aromatic amines is 1. The van der Waals surface area contributed by atoms with E-state index in [4.69, 9.17) is 0 Å². The number of fused-ring (bicyclic) bond motifs is 1. The maximum Gasteiger partial charge on any atom is 0.321 e. The van der Waals surface area contributed by atoms with Crippen LogP contribution in [0.3, 0.4) is 0 Å². The lowest BCUT2D eigenvalue weighted by Crippen LogP contribution is -2.50. The first-order valence-corrected chi connectivity index (χ1v) is 6.60. The number of H-pyrrole nitrogens is 1. The number of carbonyl (C=O) groups excluding carboxylic acids is 2. The number of likely N-dealkylation sites (N-methyl/N-ethyl adjacent to an activating group) is 1. The molecule has 0 saturated heterocycles. The van der Waals surface area contributed by atoms with Crippen LogP contribution >= 0.6 is 0 Å². The SMILES string of the molecule is CNC(=O)[C@@H](NC(=O)Nc1cnc2[nH]ccc2n1)C(C)C. The van der Waals surface area contributed by atoms with Crippen LogP contribution in [-0.2, 0) is 4.79 Å². The standard InChI is InChI=1S/C13H18N6O2/c1-7(2)10(12(20)14-3)19-13(21)18-9-6-16-11-8(17-9)4-5-15-11/h4-7,10H,1-3H3,(H,14,20)(H,15,16)(H2,17,18,19,21)/t10-/m0/s1. The molecule has 0 saturated carbocycles. The van der Waals surface area contributed by atoms with Gasteiger partial charge in [0.15, 0.2) is 11.5 Å². The number of carbonyl (C=O) groups is 2. The van der Waals surface area contributed by atoms with Crippen LogP contribution < -0.4 is 16.0 Å². The zero-order valence-corrected chi connectivity index (χ0v) is 12.1. The maximum atomic E-state index is 11.9. The highest BCUT2D eigenvalue weighted by Crippen LogP contribution is 2.10. The Balaban J connectivity index is 2.04. The molecule has 0 aromatic carbocycles. The first-order valence-electron chi connectivity index (χ1n) is 6.60. The second kappa shape index (κ2) is 6.21. The minimum Gasteiger partial charge on any atom is -0.357 e. The molecule has 21 heavy (non-hydrogen) atoms. The molecule has 4 N–H and O–H groups in total. The number of hydrogen-bond donors (Lipinski definition) is 4. The minimum absolute atomic E-state index is 0.0334. The predicted octanol–water partition coefficient (Wildman–Crippen LogP) is 0.850. The number of nitrogens with zero attached hydrogens (tertiary/aromatic N) is 2. The van der Waals surface area contributed by atoms with E-state index in [9.17, 15) is 9.59 Å². The summed E-state index contributed by atoms with van der Waals surface area (Å²) < 4.78 is 0. The molecule has 112 valence electrons. The molecule has 0 unspecified atom stereocenters. The Morgan fingerprint density at radius 3 is 2.76 bits per heavy atom. The van der Waals surface area contributed by atoms with Crippen LogP contribution in [0.1, 0.15) is 13.8 Å². The Bertz CT molecular complexity index is 651. The molecule has 3 amide bonds. The van der Waals surface area contributed by atoms with Crippen LogP contribution in [-0.4, -0.2) is 40.0 Å². The van der Waals surface area contributed by atoms with Gasteiger partial charge in [0.25, 0.3) is 0 Å². The van der Waals surface area contributed by atoms with E-state index in [-0.39, 0.29) is 11.8 Å². The van der Waals surface area contributed by atoms with Gasteiger partial charge in [-0.15, -0.1) is 0 Å². The third-order valence-corrected chi connectivity index (χ3v) is 2.98. The van der Waals surface area contributed by atoms with E-state index in [1.54, 1.807) is 12.3 Å². The average molecular weight is 290 g/mol. The lowest BCUT2D eigenvalue weighted by atomic mass is 10.0. The normalized spacial score (nSPS) is 12.2. The molecule has 0 aliphatic heterocycles. The van der Waals surface area contributed by atoms with Gasteiger partial charge >= 0.3 is 6.03 Å². The molecule has 8 nitrogen and oxygen atoms in total. The van der Waals surface area contributed by atoms with Crippen LogP contribution in [0.25, 0.3) is 11.2 Å². The molecule has 2 rings (SSSR count). The van der Waals surface area contributed by atoms with Crippen molar-refractivity contribution in [2.24, 2.45) is 5.92 Å². The Hall–Kier alpha value is -2.64. The molecule has 0 fully saturated rings. The quantitative estimate of drug-likeness (QED) is 0.668. The van der Waals surface area contributed by atoms with Crippen molar-refractivity contribution >= 4 is 28.9 Å². The van der Waals surface area contributed by atoms with Crippen LogP contribution in [0.4, 0.5) is 10.6 Å². The molecule has 0 radical (unpaired) electrons. The number of amides is 3. The van der Waals surface area contributed by atoms with Gasteiger partial charge in [0, 0.05) is 13.2 Å². The molecule has 0 spiro atoms. The van der Waals surface area contributed by atoms with Crippen molar-refractivity contribution in [2.45, 2.75) is 19.9 Å². The van der Waals surface area contributed by atoms with Gasteiger partial charge < -0.3 is 15.6 Å². The van der Waals surface area contributed by atoms with Gasteiger partial charge in [0.2, 0.25) is 5.91 Å². The predicted molar refractivity (Wildman–Crippen MR) is 78.7 cm³/mol. The van der Waals surface area contributed by atoms with Gasteiger partial charge in [-0.1, -0.05) is 13.8 Å². The number of aromatic nitrogens is 3. The van der Waals surface area contributed by atoms with Gasteiger partial charge in [-0.3, -0.25) is 10.1 Å². The molecule has 8 heteroatoms. The number of hydrogen-bond acceptors (Lipinski definition) is 4. The van der Waals surface area contributed by atoms with Gasteiger partial charge in [-0.2, -0.15) is 0 Å². The number of urea groups is 1. The molecule has 2 aromatic heterocycles. The summed E-state index contributed by atoms with van der Waals surface area (Å²) in [5, 5.41) is 7.71. The van der Waals surface area contributed by atoms with Crippen LogP contribution in [0.15, 0.2) is 18.5 Å². The molecule has 0 aliphatic carbocycles. The zero-order valence-electron chi connectivity index (χ0n) is 12.1. The van der Waals surface area contributed by atoms with Crippen molar-refractivity contribution in [2.75, 3.05) is 12.4 Å². The summed E-state index contributed by atoms with van der Waals surface area (Å²) in [5.41, 5.74) is 1.30. The fraction of sp³-hybridized carbons (Fsp3) is 0.385. The van der Waals surface area contributed by atoms with E-state index in [2.05, 4.69) is 30.9 Å². The van der Waals surface area contributed by atoms with E-state index < -0.39 is 12.1 Å². The summed E-state index contributed by atoms with van der Waals surface area (Å²) in [5.74, 6) is 0.0419. The Labute approximate surface area is 121 Å². The van der Waals surface area contributed by atoms with Gasteiger partial charge in [0.05, 0.1) is 6.20 Å². The van der Waals surface area contributed by atoms with Crippen molar-refractivity contribution in [3.05, 3.63) is 18.5 Å². The fourth-order valence-electron chi connectivity index (χ4n) is 1.87. The Morgan fingerprint density at radius 2 is 2.10 bits per heavy atom. The van der Waals surface area contributed by atoms with Crippen LogP contribution in [0.2, 0.25) is 0 Å². The van der Waals surface area contributed by atoms with E-state index in [0.717, 1.165) is 0 Å². The summed E-state index contributed by atoms with van der Waals surface area (Å²) in [6, 6.07) is 0.646. The van der Waals surface area contributed by atoms with E-state index in [0.29, 0.717) is 17.0 Å². The second-order valence-electron chi connectivity index (χ2n) is 4.90.